The number of ether oxygens (including phenoxy) is 1. The van der Waals surface area contributed by atoms with Gasteiger partial charge in [-0.2, -0.15) is 5.10 Å². The summed E-state index contributed by atoms with van der Waals surface area (Å²) in [7, 11) is 3.92. The van der Waals surface area contributed by atoms with Crippen LogP contribution in [0.4, 0.5) is 0 Å². The van der Waals surface area contributed by atoms with Crippen LogP contribution >= 0.6 is 0 Å². The van der Waals surface area contributed by atoms with Gasteiger partial charge < -0.3 is 19.5 Å². The summed E-state index contributed by atoms with van der Waals surface area (Å²) in [4.78, 5) is 36.3. The molecule has 1 atom stereocenters. The zero-order chi connectivity index (χ0) is 25.1. The van der Waals surface area contributed by atoms with Crippen molar-refractivity contribution < 1.29 is 9.53 Å². The van der Waals surface area contributed by atoms with E-state index < -0.39 is 0 Å². The normalized spacial score (nSPS) is 15.9. The number of aromatic nitrogens is 4. The monoisotopic (exact) mass is 484 g/mol. The largest absolute Gasteiger partial charge is 0.457 e. The summed E-state index contributed by atoms with van der Waals surface area (Å²) < 4.78 is 7.69. The third-order valence-corrected chi connectivity index (χ3v) is 6.15. The molecule has 0 unspecified atom stereocenters. The molecule has 5 rings (SSSR count). The van der Waals surface area contributed by atoms with Crippen LogP contribution in [0.1, 0.15) is 12.5 Å². The highest BCUT2D eigenvalue weighted by Crippen LogP contribution is 2.31. The van der Waals surface area contributed by atoms with Gasteiger partial charge in [-0.1, -0.05) is 24.3 Å². The fraction of sp³-hybridized carbons (Fsp3) is 0.259. The number of aromatic amines is 1. The summed E-state index contributed by atoms with van der Waals surface area (Å²) in [6.07, 6.45) is 5.62. The van der Waals surface area contributed by atoms with Crippen LogP contribution in [-0.4, -0.2) is 69.2 Å². The van der Waals surface area contributed by atoms with Crippen molar-refractivity contribution in [2.24, 2.45) is 0 Å². The summed E-state index contributed by atoms with van der Waals surface area (Å²) in [6, 6.07) is 17.0. The number of para-hydroxylation sites is 1. The number of amides is 1. The van der Waals surface area contributed by atoms with Crippen molar-refractivity contribution in [2.75, 3.05) is 33.7 Å². The van der Waals surface area contributed by atoms with E-state index in [0.717, 1.165) is 17.7 Å². The minimum absolute atomic E-state index is 0.0177. The van der Waals surface area contributed by atoms with Gasteiger partial charge in [0.25, 0.3) is 5.56 Å². The molecule has 0 radical (unpaired) electrons. The molecule has 4 aromatic rings. The topological polar surface area (TPSA) is 96.4 Å². The van der Waals surface area contributed by atoms with Gasteiger partial charge in [0.1, 0.15) is 22.6 Å². The van der Waals surface area contributed by atoms with Crippen molar-refractivity contribution in [2.45, 2.75) is 12.5 Å². The second-order valence-corrected chi connectivity index (χ2v) is 9.05. The fourth-order valence-corrected chi connectivity index (χ4v) is 4.36. The first-order chi connectivity index (χ1) is 17.5. The van der Waals surface area contributed by atoms with Crippen molar-refractivity contribution in [1.82, 2.24) is 29.5 Å². The van der Waals surface area contributed by atoms with Crippen molar-refractivity contribution in [3.05, 3.63) is 83.4 Å². The molecule has 184 valence electrons. The van der Waals surface area contributed by atoms with Crippen LogP contribution in [0.5, 0.6) is 11.5 Å². The summed E-state index contributed by atoms with van der Waals surface area (Å²) >= 11 is 0. The smallest absolute Gasteiger partial charge is 0.262 e. The molecular weight excluding hydrogens is 456 g/mol. The van der Waals surface area contributed by atoms with E-state index in [1.165, 1.54) is 6.33 Å². The zero-order valence-corrected chi connectivity index (χ0v) is 20.3. The van der Waals surface area contributed by atoms with Crippen LogP contribution in [0.25, 0.3) is 22.3 Å². The molecule has 36 heavy (non-hydrogen) atoms. The molecule has 2 aromatic carbocycles. The number of hydrogen-bond acceptors (Lipinski definition) is 6. The van der Waals surface area contributed by atoms with E-state index in [9.17, 15) is 9.59 Å². The first-order valence-corrected chi connectivity index (χ1v) is 11.9. The number of fused-ring (bicyclic) bond motifs is 1. The lowest BCUT2D eigenvalue weighted by atomic mass is 10.1. The highest BCUT2D eigenvalue weighted by Gasteiger charge is 2.30. The van der Waals surface area contributed by atoms with Gasteiger partial charge in [0.05, 0.1) is 12.4 Å². The Morgan fingerprint density at radius 1 is 1.14 bits per heavy atom. The van der Waals surface area contributed by atoms with Crippen molar-refractivity contribution >= 4 is 16.9 Å². The molecule has 2 aromatic heterocycles. The average Bonchev–Trinajstić information content (AvgIpc) is 3.51. The standard InChI is InChI=1S/C27H28N6O3/c1-31(2)15-6-9-23(34)32-16-14-20(17-32)33-26-24(27(35)29-18-28-26)25(30-33)19-10-12-22(13-11-19)36-21-7-4-3-5-8-21/h3-13,18,20H,14-17H2,1-2H3,(H,28,29,35)/t20-/m1/s1. The van der Waals surface area contributed by atoms with Crippen molar-refractivity contribution in [3.63, 3.8) is 0 Å². The Labute approximate surface area is 208 Å². The first kappa shape index (κ1) is 23.5. The molecule has 0 bridgehead atoms. The number of likely N-dealkylation sites (tertiary alicyclic amines) is 1. The molecule has 0 spiro atoms. The molecule has 1 aliphatic rings. The van der Waals surface area contributed by atoms with E-state index in [-0.39, 0.29) is 17.5 Å². The third-order valence-electron chi connectivity index (χ3n) is 6.15. The molecule has 9 heteroatoms. The summed E-state index contributed by atoms with van der Waals surface area (Å²) in [5.74, 6) is 1.42. The number of likely N-dealkylation sites (N-methyl/N-ethyl adjacent to an activating group) is 1. The lowest BCUT2D eigenvalue weighted by Gasteiger charge is -2.15. The van der Waals surface area contributed by atoms with Crippen molar-refractivity contribution in [3.8, 4) is 22.8 Å². The number of nitrogens with zero attached hydrogens (tertiary/aromatic N) is 5. The van der Waals surface area contributed by atoms with E-state index in [4.69, 9.17) is 9.84 Å². The van der Waals surface area contributed by atoms with Gasteiger partial charge >= 0.3 is 0 Å². The van der Waals surface area contributed by atoms with E-state index in [1.54, 1.807) is 10.8 Å². The first-order valence-electron chi connectivity index (χ1n) is 11.9. The van der Waals surface area contributed by atoms with Crippen LogP contribution in [-0.2, 0) is 4.79 Å². The van der Waals surface area contributed by atoms with E-state index in [0.29, 0.717) is 42.1 Å². The van der Waals surface area contributed by atoms with Gasteiger partial charge in [-0.05, 0) is 56.9 Å². The number of hydrogen-bond donors (Lipinski definition) is 1. The number of rotatable bonds is 7. The quantitative estimate of drug-likeness (QED) is 0.404. The van der Waals surface area contributed by atoms with Crippen LogP contribution in [0.3, 0.4) is 0 Å². The number of H-pyrrole nitrogens is 1. The Hall–Kier alpha value is -4.24. The van der Waals surface area contributed by atoms with E-state index in [2.05, 4.69) is 9.97 Å². The lowest BCUT2D eigenvalue weighted by Crippen LogP contribution is -2.28. The molecule has 1 N–H and O–H groups in total. The summed E-state index contributed by atoms with van der Waals surface area (Å²) in [6.45, 7) is 1.85. The zero-order valence-electron chi connectivity index (χ0n) is 20.3. The van der Waals surface area contributed by atoms with Gasteiger partial charge in [-0.25, -0.2) is 9.67 Å². The van der Waals surface area contributed by atoms with Crippen molar-refractivity contribution in [1.29, 1.82) is 0 Å². The SMILES string of the molecule is CN(C)CC=CC(=O)N1CC[C@@H](n2nc(-c3ccc(Oc4ccccc4)cc3)c3c(=O)[nH]cnc32)C1. The van der Waals surface area contributed by atoms with E-state index in [1.807, 2.05) is 84.6 Å². The molecule has 9 nitrogen and oxygen atoms in total. The lowest BCUT2D eigenvalue weighted by molar-refractivity contribution is -0.125. The van der Waals surface area contributed by atoms with E-state index >= 15 is 0 Å². The minimum atomic E-state index is -0.247. The van der Waals surface area contributed by atoms with Gasteiger partial charge in [0.2, 0.25) is 5.91 Å². The maximum Gasteiger partial charge on any atom is 0.262 e. The highest BCUT2D eigenvalue weighted by molar-refractivity contribution is 5.91. The van der Waals surface area contributed by atoms with Gasteiger partial charge in [0, 0.05) is 31.3 Å². The molecule has 0 saturated carbocycles. The highest BCUT2D eigenvalue weighted by atomic mass is 16.5. The number of carbonyl (C=O) groups is 1. The second kappa shape index (κ2) is 10.2. The summed E-state index contributed by atoms with van der Waals surface area (Å²) in [5.41, 5.74) is 1.61. The van der Waals surface area contributed by atoms with Crippen LogP contribution < -0.4 is 10.3 Å². The maximum atomic E-state index is 12.8. The Kier molecular flexibility index (Phi) is 6.64. The Morgan fingerprint density at radius 2 is 1.89 bits per heavy atom. The predicted octanol–water partition coefficient (Wildman–Crippen LogP) is 3.47. The number of benzene rings is 2. The molecule has 3 heterocycles. The predicted molar refractivity (Wildman–Crippen MR) is 138 cm³/mol. The molecule has 1 fully saturated rings. The molecule has 1 amide bonds. The molecule has 1 aliphatic heterocycles. The van der Waals surface area contributed by atoms with Gasteiger partial charge in [0.15, 0.2) is 5.65 Å². The van der Waals surface area contributed by atoms with Crippen LogP contribution in [0.2, 0.25) is 0 Å². The fourth-order valence-electron chi connectivity index (χ4n) is 4.36. The molecule has 1 saturated heterocycles. The molecular formula is C27H28N6O3. The van der Waals surface area contributed by atoms with Crippen LogP contribution in [0.15, 0.2) is 77.9 Å². The number of nitrogens with one attached hydrogen (secondary N) is 1. The van der Waals surface area contributed by atoms with Gasteiger partial charge in [-0.15, -0.1) is 0 Å². The summed E-state index contributed by atoms with van der Waals surface area (Å²) in [5, 5.41) is 5.26. The Morgan fingerprint density at radius 3 is 2.64 bits per heavy atom. The Bertz CT molecular complexity index is 1440. The number of carbonyl (C=O) groups excluding carboxylic acids is 1. The van der Waals surface area contributed by atoms with Crippen LogP contribution in [0, 0.1) is 0 Å². The third kappa shape index (κ3) is 4.92. The average molecular weight is 485 g/mol. The minimum Gasteiger partial charge on any atom is -0.457 e. The maximum absolute atomic E-state index is 12.8. The van der Waals surface area contributed by atoms with Gasteiger partial charge in [-0.3, -0.25) is 9.59 Å². The molecule has 0 aliphatic carbocycles. The Balaban J connectivity index is 1.41. The second-order valence-electron chi connectivity index (χ2n) is 9.05.